The number of fused-ring (bicyclic) bond motifs is 4. The van der Waals surface area contributed by atoms with E-state index < -0.39 is 11.2 Å². The molecule has 210 valence electrons. The van der Waals surface area contributed by atoms with E-state index in [0.717, 1.165) is 38.6 Å². The lowest BCUT2D eigenvalue weighted by atomic mass is 9.51. The minimum atomic E-state index is -1.05. The van der Waals surface area contributed by atoms with Gasteiger partial charge in [0, 0.05) is 51.3 Å². The van der Waals surface area contributed by atoms with Crippen molar-refractivity contribution >= 4 is 11.5 Å². The summed E-state index contributed by atoms with van der Waals surface area (Å²) in [7, 11) is 5.50. The van der Waals surface area contributed by atoms with Crippen LogP contribution in [0.4, 0.5) is 5.69 Å². The molecule has 4 aliphatic rings. The van der Waals surface area contributed by atoms with Crippen molar-refractivity contribution < 1.29 is 19.4 Å². The minimum Gasteiger partial charge on any atom is -0.383 e. The molecule has 2 fully saturated rings. The topological polar surface area (TPSA) is 59.0 Å². The molecule has 5 heteroatoms. The van der Waals surface area contributed by atoms with Crippen LogP contribution in [0.15, 0.2) is 47.1 Å². The van der Waals surface area contributed by atoms with Crippen molar-refractivity contribution in [3.05, 3.63) is 52.6 Å². The highest BCUT2D eigenvalue weighted by Gasteiger charge is 2.62. The zero-order valence-corrected chi connectivity index (χ0v) is 24.6. The van der Waals surface area contributed by atoms with Gasteiger partial charge in [-0.05, 0) is 99.1 Å². The molecular weight excluding hydrogens is 486 g/mol. The van der Waals surface area contributed by atoms with E-state index in [0.29, 0.717) is 31.3 Å². The molecule has 0 heterocycles. The number of ether oxygens (including phenoxy) is 2. The van der Waals surface area contributed by atoms with E-state index in [4.69, 9.17) is 9.47 Å². The van der Waals surface area contributed by atoms with Crippen LogP contribution in [0, 0.1) is 29.1 Å². The van der Waals surface area contributed by atoms with Crippen molar-refractivity contribution in [1.82, 2.24) is 0 Å². The zero-order chi connectivity index (χ0) is 28.0. The molecule has 5 rings (SSSR count). The van der Waals surface area contributed by atoms with Crippen LogP contribution in [0.25, 0.3) is 0 Å². The summed E-state index contributed by atoms with van der Waals surface area (Å²) in [4.78, 5) is 14.5. The summed E-state index contributed by atoms with van der Waals surface area (Å²) in [5.74, 6) is 7.86. The summed E-state index contributed by atoms with van der Waals surface area (Å²) in [5, 5.41) is 12.2. The van der Waals surface area contributed by atoms with Crippen LogP contribution in [0.5, 0.6) is 0 Å². The second-order valence-electron chi connectivity index (χ2n) is 12.9. The first-order chi connectivity index (χ1) is 18.5. The number of ketones is 1. The summed E-state index contributed by atoms with van der Waals surface area (Å²) in [6.07, 6.45) is 7.89. The van der Waals surface area contributed by atoms with Crippen molar-refractivity contribution in [1.29, 1.82) is 0 Å². The maximum Gasteiger partial charge on any atom is 0.156 e. The Bertz CT molecular complexity index is 1230. The van der Waals surface area contributed by atoms with E-state index in [1.165, 1.54) is 28.0 Å². The summed E-state index contributed by atoms with van der Waals surface area (Å²) >= 11 is 0. The number of rotatable bonds is 6. The first kappa shape index (κ1) is 28.1. The third-order valence-corrected chi connectivity index (χ3v) is 10.3. The van der Waals surface area contributed by atoms with Gasteiger partial charge in [0.15, 0.2) is 5.78 Å². The molecule has 5 atom stereocenters. The van der Waals surface area contributed by atoms with E-state index in [9.17, 15) is 9.90 Å². The van der Waals surface area contributed by atoms with E-state index in [1.807, 2.05) is 19.9 Å². The first-order valence-electron chi connectivity index (χ1n) is 14.6. The molecule has 1 aromatic carbocycles. The number of carbonyl (C=O) groups excluding carboxylic acids is 1. The van der Waals surface area contributed by atoms with Gasteiger partial charge in [-0.25, -0.2) is 0 Å². The molecule has 1 N–H and O–H groups in total. The average molecular weight is 532 g/mol. The Morgan fingerprint density at radius 2 is 1.87 bits per heavy atom. The number of benzene rings is 1. The smallest absolute Gasteiger partial charge is 0.156 e. The van der Waals surface area contributed by atoms with Crippen LogP contribution < -0.4 is 4.90 Å². The van der Waals surface area contributed by atoms with Crippen molar-refractivity contribution in [2.75, 3.05) is 39.3 Å². The molecule has 39 heavy (non-hydrogen) atoms. The number of hydrogen-bond acceptors (Lipinski definition) is 5. The first-order valence-corrected chi connectivity index (χ1v) is 14.6. The Hall–Kier alpha value is -2.39. The third kappa shape index (κ3) is 5.01. The number of methoxy groups -OCH3 is 2. The lowest BCUT2D eigenvalue weighted by Gasteiger charge is -2.53. The van der Waals surface area contributed by atoms with Crippen LogP contribution in [-0.2, 0) is 14.3 Å². The van der Waals surface area contributed by atoms with Crippen LogP contribution in [0.1, 0.15) is 77.2 Å². The Balaban J connectivity index is 1.58. The van der Waals surface area contributed by atoms with Gasteiger partial charge in [0.25, 0.3) is 0 Å². The van der Waals surface area contributed by atoms with E-state index in [1.54, 1.807) is 14.2 Å². The number of anilines is 1. The Labute approximate surface area is 234 Å². The van der Waals surface area contributed by atoms with Crippen molar-refractivity contribution in [2.45, 2.75) is 82.8 Å². The number of nitrogens with zero attached hydrogens (tertiary/aromatic N) is 1. The van der Waals surface area contributed by atoms with Gasteiger partial charge in [-0.1, -0.05) is 36.5 Å². The Kier molecular flexibility index (Phi) is 7.61. The lowest BCUT2D eigenvalue weighted by Crippen LogP contribution is -2.51. The second-order valence-corrected chi connectivity index (χ2v) is 12.9. The highest BCUT2D eigenvalue weighted by molar-refractivity contribution is 5.93. The highest BCUT2D eigenvalue weighted by atomic mass is 16.5. The summed E-state index contributed by atoms with van der Waals surface area (Å²) in [6, 6.07) is 8.98. The molecule has 1 aromatic rings. The fourth-order valence-electron chi connectivity index (χ4n) is 7.79. The average Bonchev–Trinajstić information content (AvgIpc) is 3.20. The molecule has 0 aromatic heterocycles. The SMILES string of the molecule is COCCN(C)c1ccc([C@H]2C[C@@]3(C)[C@@H](CC[C@@]3(O)C#CC(C)(C)OC)[C@@H]3CCC4=CC(=O)CCC4=C32)cc1. The molecule has 5 nitrogen and oxygen atoms in total. The van der Waals surface area contributed by atoms with Gasteiger partial charge < -0.3 is 19.5 Å². The summed E-state index contributed by atoms with van der Waals surface area (Å²) in [6.45, 7) is 7.72. The predicted octanol–water partition coefficient (Wildman–Crippen LogP) is 5.83. The van der Waals surface area contributed by atoms with E-state index in [2.05, 4.69) is 55.0 Å². The monoisotopic (exact) mass is 531 g/mol. The molecule has 0 bridgehead atoms. The highest BCUT2D eigenvalue weighted by Crippen LogP contribution is 2.66. The van der Waals surface area contributed by atoms with Crippen molar-refractivity contribution in [3.8, 4) is 11.8 Å². The van der Waals surface area contributed by atoms with Gasteiger partial charge in [0.1, 0.15) is 11.2 Å². The zero-order valence-electron chi connectivity index (χ0n) is 24.6. The molecule has 2 saturated carbocycles. The largest absolute Gasteiger partial charge is 0.383 e. The summed E-state index contributed by atoms with van der Waals surface area (Å²) < 4.78 is 10.8. The van der Waals surface area contributed by atoms with E-state index >= 15 is 0 Å². The van der Waals surface area contributed by atoms with Crippen LogP contribution >= 0.6 is 0 Å². The van der Waals surface area contributed by atoms with Crippen molar-refractivity contribution in [3.63, 3.8) is 0 Å². The quantitative estimate of drug-likeness (QED) is 0.468. The third-order valence-electron chi connectivity index (χ3n) is 10.3. The van der Waals surface area contributed by atoms with Gasteiger partial charge in [-0.2, -0.15) is 0 Å². The number of aliphatic hydroxyl groups is 1. The molecular formula is C34H45NO4. The fourth-order valence-corrected chi connectivity index (χ4v) is 7.79. The van der Waals surface area contributed by atoms with Gasteiger partial charge >= 0.3 is 0 Å². The maximum absolute atomic E-state index is 12.3. The number of carbonyl (C=O) groups is 1. The van der Waals surface area contributed by atoms with E-state index in [-0.39, 0.29) is 17.1 Å². The maximum atomic E-state index is 12.3. The molecule has 4 aliphatic carbocycles. The second kappa shape index (κ2) is 10.5. The number of allylic oxidation sites excluding steroid dienone is 4. The van der Waals surface area contributed by atoms with Crippen molar-refractivity contribution in [2.24, 2.45) is 17.3 Å². The van der Waals surface area contributed by atoms with Gasteiger partial charge in [-0.15, -0.1) is 0 Å². The molecule has 0 aliphatic heterocycles. The molecule has 0 radical (unpaired) electrons. The molecule has 0 spiro atoms. The molecule has 0 amide bonds. The number of likely N-dealkylation sites (N-methyl/N-ethyl adjacent to an activating group) is 1. The van der Waals surface area contributed by atoms with Crippen LogP contribution in [-0.4, -0.2) is 56.5 Å². The minimum absolute atomic E-state index is 0.198. The Morgan fingerprint density at radius 1 is 1.13 bits per heavy atom. The number of hydrogen-bond donors (Lipinski definition) is 1. The molecule has 0 unspecified atom stereocenters. The Morgan fingerprint density at radius 3 is 2.56 bits per heavy atom. The van der Waals surface area contributed by atoms with Crippen LogP contribution in [0.3, 0.4) is 0 Å². The van der Waals surface area contributed by atoms with Crippen LogP contribution in [0.2, 0.25) is 0 Å². The molecule has 0 saturated heterocycles. The van der Waals surface area contributed by atoms with Gasteiger partial charge in [0.2, 0.25) is 0 Å². The fraction of sp³-hybridized carbons (Fsp3) is 0.618. The standard InChI is InChI=1S/C34H45NO4/c1-32(2,39-6)17-18-34(37)16-15-30-28-13-9-24-21-26(36)12-14-27(24)31(28)29(22-33(30,34)3)23-7-10-25(11-8-23)35(4)19-20-38-5/h7-8,10-11,21,28-30,37H,9,12-16,19-20,22H2,1-6H3/t28-,29+,30-,33-,34+/m0/s1. The predicted molar refractivity (Wildman–Crippen MR) is 156 cm³/mol. The summed E-state index contributed by atoms with van der Waals surface area (Å²) in [5.41, 5.74) is 4.71. The van der Waals surface area contributed by atoms with Gasteiger partial charge in [-0.3, -0.25) is 4.79 Å². The normalized spacial score (nSPS) is 32.0. The lowest BCUT2D eigenvalue weighted by molar-refractivity contribution is -0.114. The van der Waals surface area contributed by atoms with Gasteiger partial charge in [0.05, 0.1) is 6.61 Å².